The number of amides is 2. The molecule has 6 nitrogen and oxygen atoms in total. The molecule has 0 atom stereocenters. The molecule has 2 aliphatic rings. The van der Waals surface area contributed by atoms with E-state index in [1.54, 1.807) is 12.4 Å². The number of nitrogens with one attached hydrogen (secondary N) is 3. The van der Waals surface area contributed by atoms with Crippen LogP contribution >= 0.6 is 11.8 Å². The minimum atomic E-state index is -0.144. The quantitative estimate of drug-likeness (QED) is 0.794. The summed E-state index contributed by atoms with van der Waals surface area (Å²) in [4.78, 5) is 14.6. The van der Waals surface area contributed by atoms with Gasteiger partial charge in [0.05, 0.1) is 11.9 Å². The van der Waals surface area contributed by atoms with Crippen LogP contribution in [0.25, 0.3) is 0 Å². The van der Waals surface area contributed by atoms with Crippen molar-refractivity contribution in [1.29, 1.82) is 0 Å². The molecule has 3 rings (SSSR count). The van der Waals surface area contributed by atoms with Crippen LogP contribution in [-0.2, 0) is 0 Å². The monoisotopic (exact) mass is 309 g/mol. The highest BCUT2D eigenvalue weighted by Gasteiger charge is 2.40. The Bertz CT molecular complexity index is 452. The Labute approximate surface area is 129 Å². The maximum atomic E-state index is 12.0. The molecule has 0 aromatic carbocycles. The van der Waals surface area contributed by atoms with Crippen LogP contribution in [-0.4, -0.2) is 57.8 Å². The molecule has 1 aromatic heterocycles. The van der Waals surface area contributed by atoms with Crippen molar-refractivity contribution in [3.05, 3.63) is 12.4 Å². The number of aromatic amines is 1. The zero-order valence-electron chi connectivity index (χ0n) is 12.2. The summed E-state index contributed by atoms with van der Waals surface area (Å²) in [5.41, 5.74) is 0.872. The minimum Gasteiger partial charge on any atom is -0.336 e. The van der Waals surface area contributed by atoms with Crippen molar-refractivity contribution in [2.75, 3.05) is 36.5 Å². The molecule has 0 bridgehead atoms. The smallest absolute Gasteiger partial charge is 0.319 e. The molecule has 0 radical (unpaired) electrons. The van der Waals surface area contributed by atoms with Crippen molar-refractivity contribution in [3.8, 4) is 0 Å². The van der Waals surface area contributed by atoms with E-state index >= 15 is 0 Å². The molecule has 1 aliphatic carbocycles. The van der Waals surface area contributed by atoms with Gasteiger partial charge in [0.25, 0.3) is 0 Å². The van der Waals surface area contributed by atoms with Gasteiger partial charge < -0.3 is 10.6 Å². The molecule has 116 valence electrons. The van der Waals surface area contributed by atoms with E-state index < -0.39 is 0 Å². The Hall–Kier alpha value is -1.21. The molecule has 1 aliphatic heterocycles. The molecule has 2 heterocycles. The maximum Gasteiger partial charge on any atom is 0.319 e. The zero-order chi connectivity index (χ0) is 14.5. The van der Waals surface area contributed by atoms with Crippen LogP contribution in [0.3, 0.4) is 0 Å². The number of hydrogen-bond acceptors (Lipinski definition) is 4. The number of urea groups is 1. The number of rotatable bonds is 4. The van der Waals surface area contributed by atoms with Gasteiger partial charge in [0.1, 0.15) is 0 Å². The lowest BCUT2D eigenvalue weighted by Gasteiger charge is -2.43. The highest BCUT2D eigenvalue weighted by atomic mass is 32.2. The van der Waals surface area contributed by atoms with Gasteiger partial charge in [-0.3, -0.25) is 10.00 Å². The SMILES string of the molecule is O=C(NCC1(N2CCSCC2)CCCC1)Nc1cn[nH]c1. The molecule has 0 spiro atoms. The van der Waals surface area contributed by atoms with E-state index in [0.29, 0.717) is 5.69 Å². The molecule has 3 N–H and O–H groups in total. The second-order valence-corrected chi connectivity index (χ2v) is 7.05. The van der Waals surface area contributed by atoms with E-state index in [2.05, 4.69) is 25.7 Å². The van der Waals surface area contributed by atoms with Crippen molar-refractivity contribution >= 4 is 23.5 Å². The van der Waals surface area contributed by atoms with Crippen LogP contribution in [0, 0.1) is 0 Å². The molecule has 1 saturated carbocycles. The Kier molecular flexibility index (Phi) is 4.70. The van der Waals surface area contributed by atoms with Crippen LogP contribution in [0.5, 0.6) is 0 Å². The largest absolute Gasteiger partial charge is 0.336 e. The molecular formula is C14H23N5OS. The lowest BCUT2D eigenvalue weighted by atomic mass is 9.94. The second kappa shape index (κ2) is 6.70. The fourth-order valence-corrected chi connectivity index (χ4v) is 4.32. The summed E-state index contributed by atoms with van der Waals surface area (Å²) < 4.78 is 0. The third-order valence-corrected chi connectivity index (χ3v) is 5.49. The number of hydrogen-bond donors (Lipinski definition) is 3. The Balaban J connectivity index is 1.56. The van der Waals surface area contributed by atoms with Gasteiger partial charge in [0.15, 0.2) is 0 Å². The first-order valence-corrected chi connectivity index (χ1v) is 8.80. The lowest BCUT2D eigenvalue weighted by Crippen LogP contribution is -2.56. The van der Waals surface area contributed by atoms with Crippen LogP contribution in [0.2, 0.25) is 0 Å². The molecule has 1 aromatic rings. The highest BCUT2D eigenvalue weighted by Crippen LogP contribution is 2.36. The van der Waals surface area contributed by atoms with E-state index in [1.165, 1.54) is 37.2 Å². The maximum absolute atomic E-state index is 12.0. The fourth-order valence-electron chi connectivity index (χ4n) is 3.41. The van der Waals surface area contributed by atoms with Gasteiger partial charge in [-0.1, -0.05) is 12.8 Å². The summed E-state index contributed by atoms with van der Waals surface area (Å²) in [6, 6.07) is -0.144. The van der Waals surface area contributed by atoms with E-state index in [-0.39, 0.29) is 11.6 Å². The Morgan fingerprint density at radius 3 is 2.81 bits per heavy atom. The summed E-state index contributed by atoms with van der Waals surface area (Å²) >= 11 is 2.03. The van der Waals surface area contributed by atoms with Crippen LogP contribution < -0.4 is 10.6 Å². The predicted octanol–water partition coefficient (Wildman–Crippen LogP) is 1.89. The molecular weight excluding hydrogens is 286 g/mol. The van der Waals surface area contributed by atoms with E-state index in [1.807, 2.05) is 11.8 Å². The van der Waals surface area contributed by atoms with Gasteiger partial charge in [-0.2, -0.15) is 16.9 Å². The third-order valence-electron chi connectivity index (χ3n) is 4.55. The summed E-state index contributed by atoms with van der Waals surface area (Å²) in [6.07, 6.45) is 8.22. The minimum absolute atomic E-state index is 0.144. The number of aromatic nitrogens is 2. The molecule has 2 amide bonds. The topological polar surface area (TPSA) is 73.1 Å². The third kappa shape index (κ3) is 3.52. The molecule has 21 heavy (non-hydrogen) atoms. The van der Waals surface area contributed by atoms with E-state index in [9.17, 15) is 4.79 Å². The first kappa shape index (κ1) is 14.7. The van der Waals surface area contributed by atoms with Gasteiger partial charge in [0.2, 0.25) is 0 Å². The zero-order valence-corrected chi connectivity index (χ0v) is 13.0. The average molecular weight is 309 g/mol. The van der Waals surface area contributed by atoms with E-state index in [4.69, 9.17) is 0 Å². The van der Waals surface area contributed by atoms with Crippen molar-refractivity contribution in [3.63, 3.8) is 0 Å². The molecule has 7 heteroatoms. The average Bonchev–Trinajstić information content (AvgIpc) is 3.18. The summed E-state index contributed by atoms with van der Waals surface area (Å²) in [7, 11) is 0. The molecule has 0 unspecified atom stereocenters. The van der Waals surface area contributed by atoms with Crippen molar-refractivity contribution in [1.82, 2.24) is 20.4 Å². The first-order valence-electron chi connectivity index (χ1n) is 7.65. The Morgan fingerprint density at radius 1 is 1.38 bits per heavy atom. The van der Waals surface area contributed by atoms with Gasteiger partial charge in [-0.25, -0.2) is 4.79 Å². The summed E-state index contributed by atoms with van der Waals surface area (Å²) in [6.45, 7) is 3.03. The Morgan fingerprint density at radius 2 is 2.14 bits per heavy atom. The number of anilines is 1. The van der Waals surface area contributed by atoms with Gasteiger partial charge in [-0.15, -0.1) is 0 Å². The fraction of sp³-hybridized carbons (Fsp3) is 0.714. The van der Waals surface area contributed by atoms with Crippen LogP contribution in [0.4, 0.5) is 10.5 Å². The molecule has 1 saturated heterocycles. The predicted molar refractivity (Wildman–Crippen MR) is 85.7 cm³/mol. The summed E-state index contributed by atoms with van der Waals surface area (Å²) in [5.74, 6) is 2.42. The van der Waals surface area contributed by atoms with Crippen LogP contribution in [0.1, 0.15) is 25.7 Å². The summed E-state index contributed by atoms with van der Waals surface area (Å²) in [5, 5.41) is 12.4. The van der Waals surface area contributed by atoms with Gasteiger partial charge in [-0.05, 0) is 12.8 Å². The first-order chi connectivity index (χ1) is 10.3. The van der Waals surface area contributed by atoms with Crippen molar-refractivity contribution in [2.24, 2.45) is 0 Å². The molecule has 2 fully saturated rings. The highest BCUT2D eigenvalue weighted by molar-refractivity contribution is 7.99. The number of thioether (sulfide) groups is 1. The van der Waals surface area contributed by atoms with Gasteiger partial charge >= 0.3 is 6.03 Å². The number of carbonyl (C=O) groups is 1. The lowest BCUT2D eigenvalue weighted by molar-refractivity contribution is 0.105. The van der Waals surface area contributed by atoms with Crippen LogP contribution in [0.15, 0.2) is 12.4 Å². The van der Waals surface area contributed by atoms with Gasteiger partial charge in [0, 0.05) is 42.9 Å². The normalized spacial score (nSPS) is 22.1. The van der Waals surface area contributed by atoms with E-state index in [0.717, 1.165) is 19.6 Å². The second-order valence-electron chi connectivity index (χ2n) is 5.83. The van der Waals surface area contributed by atoms with Crippen molar-refractivity contribution in [2.45, 2.75) is 31.2 Å². The standard InChI is InChI=1S/C14H23N5OS/c20-13(18-12-9-16-17-10-12)15-11-14(3-1-2-4-14)19-5-7-21-8-6-19/h9-10H,1-8,11H2,(H,16,17)(H2,15,18,20). The number of carbonyl (C=O) groups excluding carboxylic acids is 1. The number of nitrogens with zero attached hydrogens (tertiary/aromatic N) is 2. The number of H-pyrrole nitrogens is 1. The van der Waals surface area contributed by atoms with Crippen molar-refractivity contribution < 1.29 is 4.79 Å².